The third-order valence-electron chi connectivity index (χ3n) is 5.18. The van der Waals surface area contributed by atoms with Crippen LogP contribution >= 0.6 is 0 Å². The number of nitrogens with one attached hydrogen (secondary N) is 1. The number of rotatable bonds is 9. The molecule has 0 aliphatic heterocycles. The van der Waals surface area contributed by atoms with E-state index in [0.29, 0.717) is 11.6 Å². The number of sulfonamides is 1. The normalized spacial score (nSPS) is 12.4. The highest BCUT2D eigenvalue weighted by Gasteiger charge is 2.28. The second-order valence-corrected chi connectivity index (χ2v) is 10.2. The van der Waals surface area contributed by atoms with E-state index >= 15 is 0 Å². The van der Waals surface area contributed by atoms with E-state index in [2.05, 4.69) is 19.2 Å². The van der Waals surface area contributed by atoms with E-state index in [1.165, 1.54) is 4.31 Å². The number of nitrogens with zero attached hydrogens (tertiary/aromatic N) is 1. The van der Waals surface area contributed by atoms with Gasteiger partial charge in [0, 0.05) is 0 Å². The van der Waals surface area contributed by atoms with Crippen molar-refractivity contribution < 1.29 is 13.2 Å². The van der Waals surface area contributed by atoms with Crippen molar-refractivity contribution in [3.8, 4) is 0 Å². The summed E-state index contributed by atoms with van der Waals surface area (Å²) in [6, 6.07) is 25.0. The lowest BCUT2D eigenvalue weighted by Crippen LogP contribution is -2.42. The molecule has 0 aromatic heterocycles. The first kappa shape index (κ1) is 23.5. The molecular formula is C26H30N2O3S. The largest absolute Gasteiger partial charge is 0.348 e. The van der Waals surface area contributed by atoms with Crippen LogP contribution in [0.5, 0.6) is 0 Å². The highest BCUT2D eigenvalue weighted by molar-refractivity contribution is 7.92. The van der Waals surface area contributed by atoms with E-state index in [1.807, 2.05) is 43.3 Å². The van der Waals surface area contributed by atoms with Gasteiger partial charge < -0.3 is 5.32 Å². The summed E-state index contributed by atoms with van der Waals surface area (Å²) in [5.74, 6) is 0.0149. The van der Waals surface area contributed by atoms with Gasteiger partial charge in [-0.15, -0.1) is 0 Å². The zero-order chi connectivity index (χ0) is 23.1. The fourth-order valence-corrected chi connectivity index (χ4v) is 4.97. The van der Waals surface area contributed by atoms with Gasteiger partial charge in [0.1, 0.15) is 6.54 Å². The van der Waals surface area contributed by atoms with Gasteiger partial charge in [0.2, 0.25) is 5.91 Å². The number of para-hydroxylation sites is 1. The van der Waals surface area contributed by atoms with Crippen molar-refractivity contribution in [2.45, 2.75) is 38.1 Å². The van der Waals surface area contributed by atoms with Crippen LogP contribution in [0.25, 0.3) is 0 Å². The summed E-state index contributed by atoms with van der Waals surface area (Å²) in [5.41, 5.74) is 2.41. The maximum atomic E-state index is 13.5. The Morgan fingerprint density at radius 2 is 1.44 bits per heavy atom. The van der Waals surface area contributed by atoms with Crippen LogP contribution in [-0.4, -0.2) is 20.9 Å². The van der Waals surface area contributed by atoms with Gasteiger partial charge in [-0.3, -0.25) is 9.10 Å². The molecule has 1 atom stereocenters. The Morgan fingerprint density at radius 3 is 2.00 bits per heavy atom. The first-order valence-corrected chi connectivity index (χ1v) is 12.2. The molecule has 1 N–H and O–H groups in total. The summed E-state index contributed by atoms with van der Waals surface area (Å²) in [6.45, 7) is 5.79. The van der Waals surface area contributed by atoms with Crippen molar-refractivity contribution in [2.24, 2.45) is 5.92 Å². The maximum Gasteiger partial charge on any atom is 0.264 e. The molecule has 0 saturated heterocycles. The van der Waals surface area contributed by atoms with Crippen molar-refractivity contribution >= 4 is 21.6 Å². The summed E-state index contributed by atoms with van der Waals surface area (Å²) in [7, 11) is -3.92. The molecule has 0 aliphatic carbocycles. The van der Waals surface area contributed by atoms with Gasteiger partial charge >= 0.3 is 0 Å². The Kier molecular flexibility index (Phi) is 7.70. The lowest BCUT2D eigenvalue weighted by Gasteiger charge is -2.26. The van der Waals surface area contributed by atoms with Crippen LogP contribution in [0.2, 0.25) is 0 Å². The summed E-state index contributed by atoms with van der Waals surface area (Å²) in [5, 5.41) is 3.05. The highest BCUT2D eigenvalue weighted by Crippen LogP contribution is 2.25. The van der Waals surface area contributed by atoms with Crippen molar-refractivity contribution in [3.63, 3.8) is 0 Å². The molecule has 32 heavy (non-hydrogen) atoms. The fraction of sp³-hybridized carbons (Fsp3) is 0.269. The van der Waals surface area contributed by atoms with E-state index in [0.717, 1.165) is 17.5 Å². The highest BCUT2D eigenvalue weighted by atomic mass is 32.2. The van der Waals surface area contributed by atoms with Crippen LogP contribution in [0, 0.1) is 12.8 Å². The third kappa shape index (κ3) is 5.98. The molecule has 168 valence electrons. The molecule has 0 radical (unpaired) electrons. The third-order valence-corrected chi connectivity index (χ3v) is 6.97. The zero-order valence-corrected chi connectivity index (χ0v) is 19.5. The number of hydrogen-bond donors (Lipinski definition) is 1. The van der Waals surface area contributed by atoms with Gasteiger partial charge in [-0.25, -0.2) is 8.42 Å². The molecule has 0 heterocycles. The number of amides is 1. The molecule has 6 heteroatoms. The Hall–Kier alpha value is -3.12. The minimum Gasteiger partial charge on any atom is -0.348 e. The summed E-state index contributed by atoms with van der Waals surface area (Å²) in [6.07, 6.45) is 0.756. The van der Waals surface area contributed by atoms with Crippen LogP contribution in [0.15, 0.2) is 89.8 Å². The molecule has 3 aromatic rings. The minimum absolute atomic E-state index is 0.154. The summed E-state index contributed by atoms with van der Waals surface area (Å²) in [4.78, 5) is 13.3. The number of anilines is 1. The van der Waals surface area contributed by atoms with Gasteiger partial charge in [0.05, 0.1) is 16.6 Å². The van der Waals surface area contributed by atoms with E-state index in [1.54, 1.807) is 48.5 Å². The first-order valence-electron chi connectivity index (χ1n) is 10.8. The van der Waals surface area contributed by atoms with Gasteiger partial charge in [0.15, 0.2) is 0 Å². The first-order chi connectivity index (χ1) is 15.3. The van der Waals surface area contributed by atoms with Crippen LogP contribution in [0.1, 0.15) is 37.4 Å². The van der Waals surface area contributed by atoms with Crippen molar-refractivity contribution in [2.75, 3.05) is 10.8 Å². The van der Waals surface area contributed by atoms with E-state index in [4.69, 9.17) is 0 Å². The van der Waals surface area contributed by atoms with Crippen molar-refractivity contribution in [1.82, 2.24) is 5.32 Å². The second kappa shape index (κ2) is 10.5. The summed E-state index contributed by atoms with van der Waals surface area (Å²) < 4.78 is 28.1. The summed E-state index contributed by atoms with van der Waals surface area (Å²) >= 11 is 0. The number of carbonyl (C=O) groups excluding carboxylic acids is 1. The molecule has 3 rings (SSSR count). The molecule has 1 amide bonds. The lowest BCUT2D eigenvalue weighted by molar-refractivity contribution is -0.120. The van der Waals surface area contributed by atoms with Crippen LogP contribution in [0.4, 0.5) is 5.69 Å². The molecule has 5 nitrogen and oxygen atoms in total. The van der Waals surface area contributed by atoms with Crippen LogP contribution in [0.3, 0.4) is 0 Å². The Morgan fingerprint density at radius 1 is 0.875 bits per heavy atom. The number of aryl methyl sites for hydroxylation is 1. The lowest BCUT2D eigenvalue weighted by atomic mass is 9.97. The Bertz CT molecular complexity index is 1110. The average molecular weight is 451 g/mol. The Labute approximate surface area is 191 Å². The average Bonchev–Trinajstić information content (AvgIpc) is 2.78. The van der Waals surface area contributed by atoms with Crippen LogP contribution in [-0.2, 0) is 14.8 Å². The minimum atomic E-state index is -3.92. The molecular weight excluding hydrogens is 420 g/mol. The quantitative estimate of drug-likeness (QED) is 0.494. The predicted molar refractivity (Wildman–Crippen MR) is 129 cm³/mol. The number of benzene rings is 3. The standard InChI is InChI=1S/C26H30N2O3S/c1-20(2)18-25(22-10-6-4-7-11-22)27-26(29)19-28(23-12-8-5-9-13-23)32(30,31)24-16-14-21(3)15-17-24/h4-17,20,25H,18-19H2,1-3H3,(H,27,29). The zero-order valence-electron chi connectivity index (χ0n) is 18.7. The van der Waals surface area contributed by atoms with Gasteiger partial charge in [0.25, 0.3) is 10.0 Å². The van der Waals surface area contributed by atoms with Gasteiger partial charge in [-0.2, -0.15) is 0 Å². The maximum absolute atomic E-state index is 13.5. The van der Waals surface area contributed by atoms with Crippen molar-refractivity contribution in [3.05, 3.63) is 96.1 Å². The molecule has 0 spiro atoms. The predicted octanol–water partition coefficient (Wildman–Crippen LogP) is 5.09. The molecule has 0 bridgehead atoms. The van der Waals surface area contributed by atoms with E-state index in [9.17, 15) is 13.2 Å². The second-order valence-electron chi connectivity index (χ2n) is 8.32. The smallest absolute Gasteiger partial charge is 0.264 e. The van der Waals surface area contributed by atoms with Crippen molar-refractivity contribution in [1.29, 1.82) is 0 Å². The number of carbonyl (C=O) groups is 1. The van der Waals surface area contributed by atoms with E-state index in [-0.39, 0.29) is 23.4 Å². The number of hydrogen-bond acceptors (Lipinski definition) is 3. The van der Waals surface area contributed by atoms with Gasteiger partial charge in [-0.1, -0.05) is 80.1 Å². The SMILES string of the molecule is Cc1ccc(S(=O)(=O)N(CC(=O)NC(CC(C)C)c2ccccc2)c2ccccc2)cc1. The molecule has 1 unspecified atom stereocenters. The molecule has 3 aromatic carbocycles. The van der Waals surface area contributed by atoms with E-state index < -0.39 is 10.0 Å². The van der Waals surface area contributed by atoms with Crippen LogP contribution < -0.4 is 9.62 Å². The Balaban J connectivity index is 1.89. The molecule has 0 saturated carbocycles. The molecule has 0 fully saturated rings. The monoisotopic (exact) mass is 450 g/mol. The fourth-order valence-electron chi connectivity index (χ4n) is 3.55. The topological polar surface area (TPSA) is 66.5 Å². The van der Waals surface area contributed by atoms with Gasteiger partial charge in [-0.05, 0) is 49.1 Å². The molecule has 0 aliphatic rings.